The fourth-order valence-electron chi connectivity index (χ4n) is 2.58. The minimum Gasteiger partial charge on any atom is -0.481 e. The molecule has 2 unspecified atom stereocenters. The third kappa shape index (κ3) is 6.58. The summed E-state index contributed by atoms with van der Waals surface area (Å²) in [5.41, 5.74) is 1.35. The van der Waals surface area contributed by atoms with Crippen molar-refractivity contribution in [3.63, 3.8) is 0 Å². The van der Waals surface area contributed by atoms with Gasteiger partial charge in [-0.25, -0.2) is 0 Å². The van der Waals surface area contributed by atoms with Crippen LogP contribution in [0.4, 0.5) is 0 Å². The second-order valence-corrected chi connectivity index (χ2v) is 6.38. The van der Waals surface area contributed by atoms with E-state index in [0.29, 0.717) is 12.0 Å². The van der Waals surface area contributed by atoms with Crippen molar-refractivity contribution in [2.45, 2.75) is 25.8 Å². The van der Waals surface area contributed by atoms with Crippen molar-refractivity contribution < 1.29 is 19.5 Å². The minimum atomic E-state index is -0.887. The van der Waals surface area contributed by atoms with Crippen LogP contribution in [0.25, 0.3) is 0 Å². The summed E-state index contributed by atoms with van der Waals surface area (Å²) < 4.78 is 0. The Morgan fingerprint density at radius 2 is 1.56 bits per heavy atom. The lowest BCUT2D eigenvalue weighted by Crippen LogP contribution is -2.34. The molecule has 2 rings (SSSR count). The Bertz CT molecular complexity index is 762. The number of carbonyl (C=O) groups excluding carboxylic acids is 2. The number of benzene rings is 2. The largest absolute Gasteiger partial charge is 0.481 e. The van der Waals surface area contributed by atoms with Crippen LogP contribution in [0.2, 0.25) is 0 Å². The van der Waals surface area contributed by atoms with Crippen LogP contribution in [0, 0.1) is 5.92 Å². The van der Waals surface area contributed by atoms with Crippen LogP contribution in [0.15, 0.2) is 60.7 Å². The van der Waals surface area contributed by atoms with Crippen molar-refractivity contribution in [2.24, 2.45) is 5.92 Å². The molecule has 27 heavy (non-hydrogen) atoms. The Morgan fingerprint density at radius 1 is 0.963 bits per heavy atom. The number of rotatable bonds is 9. The van der Waals surface area contributed by atoms with Crippen molar-refractivity contribution in [3.05, 3.63) is 71.8 Å². The SMILES string of the molecule is CC(CCNC(=O)CC(NC(=O)c1ccccc1)c1ccccc1)C(=O)O. The molecule has 6 nitrogen and oxygen atoms in total. The molecule has 0 saturated carbocycles. The van der Waals surface area contributed by atoms with E-state index in [4.69, 9.17) is 5.11 Å². The first-order chi connectivity index (χ1) is 13.0. The van der Waals surface area contributed by atoms with Crippen molar-refractivity contribution in [1.29, 1.82) is 0 Å². The topological polar surface area (TPSA) is 95.5 Å². The molecule has 0 aromatic heterocycles. The highest BCUT2D eigenvalue weighted by molar-refractivity contribution is 5.94. The normalized spacial score (nSPS) is 12.6. The second kappa shape index (κ2) is 10.1. The third-order valence-electron chi connectivity index (χ3n) is 4.25. The molecule has 2 aromatic carbocycles. The molecule has 142 valence electrons. The molecule has 0 saturated heterocycles. The maximum absolute atomic E-state index is 12.5. The first kappa shape index (κ1) is 20.2. The Hall–Kier alpha value is -3.15. The lowest BCUT2D eigenvalue weighted by Gasteiger charge is -2.19. The van der Waals surface area contributed by atoms with Gasteiger partial charge in [0.25, 0.3) is 5.91 Å². The summed E-state index contributed by atoms with van der Waals surface area (Å²) in [4.78, 5) is 35.6. The third-order valence-corrected chi connectivity index (χ3v) is 4.25. The van der Waals surface area contributed by atoms with Gasteiger partial charge >= 0.3 is 5.97 Å². The molecule has 3 N–H and O–H groups in total. The molecule has 2 atom stereocenters. The summed E-state index contributed by atoms with van der Waals surface area (Å²) in [7, 11) is 0. The van der Waals surface area contributed by atoms with Gasteiger partial charge in [0.15, 0.2) is 0 Å². The zero-order valence-corrected chi connectivity index (χ0v) is 15.2. The van der Waals surface area contributed by atoms with Gasteiger partial charge in [0.05, 0.1) is 18.4 Å². The smallest absolute Gasteiger partial charge is 0.306 e. The number of aliphatic carboxylic acids is 1. The molecule has 0 aliphatic heterocycles. The average molecular weight is 368 g/mol. The van der Waals surface area contributed by atoms with E-state index in [1.807, 2.05) is 36.4 Å². The zero-order chi connectivity index (χ0) is 19.6. The van der Waals surface area contributed by atoms with Crippen molar-refractivity contribution in [3.8, 4) is 0 Å². The van der Waals surface area contributed by atoms with Gasteiger partial charge in [-0.15, -0.1) is 0 Å². The standard InChI is InChI=1S/C21H24N2O4/c1-15(21(26)27)12-13-22-19(24)14-18(16-8-4-2-5-9-16)23-20(25)17-10-6-3-7-11-17/h2-11,15,18H,12-14H2,1H3,(H,22,24)(H,23,25)(H,26,27). The van der Waals surface area contributed by atoms with Crippen LogP contribution in [-0.4, -0.2) is 29.4 Å². The van der Waals surface area contributed by atoms with Gasteiger partial charge in [-0.1, -0.05) is 55.5 Å². The highest BCUT2D eigenvalue weighted by atomic mass is 16.4. The summed E-state index contributed by atoms with van der Waals surface area (Å²) in [5, 5.41) is 14.5. The van der Waals surface area contributed by atoms with E-state index in [1.165, 1.54) is 0 Å². The van der Waals surface area contributed by atoms with Gasteiger partial charge in [0, 0.05) is 12.1 Å². The van der Waals surface area contributed by atoms with Crippen molar-refractivity contribution in [1.82, 2.24) is 10.6 Å². The van der Waals surface area contributed by atoms with Crippen LogP contribution in [0.3, 0.4) is 0 Å². The summed E-state index contributed by atoms with van der Waals surface area (Å²) in [6.07, 6.45) is 0.428. The summed E-state index contributed by atoms with van der Waals surface area (Å²) >= 11 is 0. The molecule has 6 heteroatoms. The monoisotopic (exact) mass is 368 g/mol. The van der Waals surface area contributed by atoms with E-state index in [9.17, 15) is 14.4 Å². The maximum atomic E-state index is 12.5. The molecule has 0 radical (unpaired) electrons. The number of amides is 2. The minimum absolute atomic E-state index is 0.0735. The number of hydrogen-bond donors (Lipinski definition) is 3. The highest BCUT2D eigenvalue weighted by Crippen LogP contribution is 2.17. The van der Waals surface area contributed by atoms with Crippen LogP contribution < -0.4 is 10.6 Å². The predicted molar refractivity (Wildman–Crippen MR) is 102 cm³/mol. The van der Waals surface area contributed by atoms with Gasteiger partial charge < -0.3 is 15.7 Å². The van der Waals surface area contributed by atoms with E-state index >= 15 is 0 Å². The number of nitrogens with one attached hydrogen (secondary N) is 2. The van der Waals surface area contributed by atoms with E-state index < -0.39 is 17.9 Å². The summed E-state index contributed by atoms with van der Waals surface area (Å²) in [5.74, 6) is -1.90. The molecular weight excluding hydrogens is 344 g/mol. The predicted octanol–water partition coefficient (Wildman–Crippen LogP) is 2.77. The van der Waals surface area contributed by atoms with Crippen LogP contribution in [0.5, 0.6) is 0 Å². The Labute approximate surface area is 158 Å². The summed E-state index contributed by atoms with van der Waals surface area (Å²) in [6.45, 7) is 1.88. The first-order valence-electron chi connectivity index (χ1n) is 8.87. The molecule has 2 amide bonds. The lowest BCUT2D eigenvalue weighted by molar-refractivity contribution is -0.141. The molecular formula is C21H24N2O4. The Kier molecular flexibility index (Phi) is 7.55. The fraction of sp³-hybridized carbons (Fsp3) is 0.286. The number of carbonyl (C=O) groups is 3. The maximum Gasteiger partial charge on any atom is 0.306 e. The van der Waals surface area contributed by atoms with E-state index in [-0.39, 0.29) is 24.8 Å². The van der Waals surface area contributed by atoms with Gasteiger partial charge in [0.1, 0.15) is 0 Å². The molecule has 0 heterocycles. The molecule has 0 fully saturated rings. The quantitative estimate of drug-likeness (QED) is 0.634. The van der Waals surface area contributed by atoms with E-state index in [1.54, 1.807) is 31.2 Å². The fourth-order valence-corrected chi connectivity index (χ4v) is 2.58. The first-order valence-corrected chi connectivity index (χ1v) is 8.87. The van der Waals surface area contributed by atoms with Gasteiger partial charge in [-0.05, 0) is 24.1 Å². The van der Waals surface area contributed by atoms with Crippen LogP contribution >= 0.6 is 0 Å². The second-order valence-electron chi connectivity index (χ2n) is 6.38. The van der Waals surface area contributed by atoms with Crippen molar-refractivity contribution in [2.75, 3.05) is 6.54 Å². The highest BCUT2D eigenvalue weighted by Gasteiger charge is 2.19. The number of hydrogen-bond acceptors (Lipinski definition) is 3. The molecule has 0 bridgehead atoms. The number of carboxylic acids is 1. The molecule has 0 aliphatic carbocycles. The van der Waals surface area contributed by atoms with E-state index in [0.717, 1.165) is 5.56 Å². The average Bonchev–Trinajstić information content (AvgIpc) is 2.68. The number of carboxylic acid groups (broad SMARTS) is 1. The Morgan fingerprint density at radius 3 is 2.15 bits per heavy atom. The van der Waals surface area contributed by atoms with Gasteiger partial charge in [-0.3, -0.25) is 14.4 Å². The zero-order valence-electron chi connectivity index (χ0n) is 15.2. The van der Waals surface area contributed by atoms with Crippen LogP contribution in [0.1, 0.15) is 41.7 Å². The molecule has 2 aromatic rings. The molecule has 0 aliphatic rings. The Balaban J connectivity index is 2.00. The lowest BCUT2D eigenvalue weighted by atomic mass is 10.0. The van der Waals surface area contributed by atoms with Crippen molar-refractivity contribution >= 4 is 17.8 Å². The van der Waals surface area contributed by atoms with Gasteiger partial charge in [0.2, 0.25) is 5.91 Å². The molecule has 0 spiro atoms. The van der Waals surface area contributed by atoms with Gasteiger partial charge in [-0.2, -0.15) is 0 Å². The van der Waals surface area contributed by atoms with Crippen LogP contribution in [-0.2, 0) is 9.59 Å². The van der Waals surface area contributed by atoms with E-state index in [2.05, 4.69) is 10.6 Å². The summed E-state index contributed by atoms with van der Waals surface area (Å²) in [6, 6.07) is 17.6.